The zero-order chi connectivity index (χ0) is 25.5. The highest BCUT2D eigenvalue weighted by atomic mass is 16.6. The number of carbonyl (C=O) groups excluding carboxylic acids is 4. The van der Waals surface area contributed by atoms with Crippen LogP contribution >= 0.6 is 0 Å². The van der Waals surface area contributed by atoms with Crippen LogP contribution in [-0.2, 0) is 14.3 Å². The zero-order valence-electron chi connectivity index (χ0n) is 19.1. The smallest absolute Gasteiger partial charge is 0.338 e. The first-order valence-electron chi connectivity index (χ1n) is 10.6. The van der Waals surface area contributed by atoms with E-state index < -0.39 is 35.2 Å². The standard InChI is InChI=1S/C23H23N3O9/c1-3-34-15-6-8-18(19(12-15)26(31)32)24-20(27)13-35-23(30)14-5-7-16-17(11-14)22(29)25(21(16)28)9-4-10-33-2/h5-8,11-12H,3-4,9-10,13H2,1-2H3,(H,24,27). The van der Waals surface area contributed by atoms with Crippen LogP contribution in [0.15, 0.2) is 36.4 Å². The molecule has 0 saturated heterocycles. The Morgan fingerprint density at radius 3 is 2.51 bits per heavy atom. The molecule has 0 aliphatic carbocycles. The molecule has 184 valence electrons. The summed E-state index contributed by atoms with van der Waals surface area (Å²) in [7, 11) is 1.51. The summed E-state index contributed by atoms with van der Waals surface area (Å²) >= 11 is 0. The number of nitrogens with zero attached hydrogens (tertiary/aromatic N) is 2. The highest BCUT2D eigenvalue weighted by Gasteiger charge is 2.35. The number of esters is 1. The van der Waals surface area contributed by atoms with E-state index in [1.165, 1.54) is 43.5 Å². The Bertz CT molecular complexity index is 1180. The van der Waals surface area contributed by atoms with Gasteiger partial charge in [-0.2, -0.15) is 0 Å². The first-order valence-corrected chi connectivity index (χ1v) is 10.6. The second-order valence-electron chi connectivity index (χ2n) is 7.36. The molecule has 0 saturated carbocycles. The quantitative estimate of drug-likeness (QED) is 0.166. The zero-order valence-corrected chi connectivity index (χ0v) is 19.1. The number of ether oxygens (including phenoxy) is 3. The van der Waals surface area contributed by atoms with Crippen LogP contribution in [0.3, 0.4) is 0 Å². The summed E-state index contributed by atoms with van der Waals surface area (Å²) in [6.07, 6.45) is 0.471. The van der Waals surface area contributed by atoms with Crippen LogP contribution in [0.2, 0.25) is 0 Å². The molecular weight excluding hydrogens is 462 g/mol. The number of hydrogen-bond donors (Lipinski definition) is 1. The summed E-state index contributed by atoms with van der Waals surface area (Å²) in [6.45, 7) is 1.87. The minimum Gasteiger partial charge on any atom is -0.494 e. The number of fused-ring (bicyclic) bond motifs is 1. The van der Waals surface area contributed by atoms with Gasteiger partial charge in [-0.25, -0.2) is 4.79 Å². The van der Waals surface area contributed by atoms with E-state index >= 15 is 0 Å². The van der Waals surface area contributed by atoms with Crippen LogP contribution in [0.1, 0.15) is 44.4 Å². The molecular formula is C23H23N3O9. The Balaban J connectivity index is 1.63. The van der Waals surface area contributed by atoms with E-state index in [1.54, 1.807) is 6.92 Å². The average molecular weight is 485 g/mol. The van der Waals surface area contributed by atoms with Gasteiger partial charge in [0.1, 0.15) is 11.4 Å². The number of amides is 3. The molecule has 35 heavy (non-hydrogen) atoms. The van der Waals surface area contributed by atoms with E-state index in [0.29, 0.717) is 19.6 Å². The lowest BCUT2D eigenvalue weighted by atomic mass is 10.1. The molecule has 12 heteroatoms. The van der Waals surface area contributed by atoms with Gasteiger partial charge in [0.2, 0.25) is 0 Å². The lowest BCUT2D eigenvalue weighted by Crippen LogP contribution is -2.31. The van der Waals surface area contributed by atoms with E-state index in [9.17, 15) is 29.3 Å². The maximum atomic E-state index is 12.6. The highest BCUT2D eigenvalue weighted by Crippen LogP contribution is 2.29. The molecule has 0 spiro atoms. The summed E-state index contributed by atoms with van der Waals surface area (Å²) < 4.78 is 15.1. The van der Waals surface area contributed by atoms with Crippen molar-refractivity contribution in [1.82, 2.24) is 4.90 Å². The number of hydrogen-bond acceptors (Lipinski definition) is 9. The molecule has 1 heterocycles. The van der Waals surface area contributed by atoms with Crippen LogP contribution < -0.4 is 10.1 Å². The molecule has 1 N–H and O–H groups in total. The summed E-state index contributed by atoms with van der Waals surface area (Å²) in [5, 5.41) is 13.6. The Morgan fingerprint density at radius 2 is 1.83 bits per heavy atom. The molecule has 0 atom stereocenters. The van der Waals surface area contributed by atoms with E-state index in [1.807, 2.05) is 0 Å². The number of benzene rings is 2. The van der Waals surface area contributed by atoms with Gasteiger partial charge in [-0.05, 0) is 43.7 Å². The van der Waals surface area contributed by atoms with E-state index in [2.05, 4.69) is 5.32 Å². The number of nitro benzene ring substituents is 1. The van der Waals surface area contributed by atoms with Crippen molar-refractivity contribution < 1.29 is 38.3 Å². The Labute approximate surface area is 199 Å². The summed E-state index contributed by atoms with van der Waals surface area (Å²) in [5.74, 6) is -2.43. The predicted molar refractivity (Wildman–Crippen MR) is 121 cm³/mol. The van der Waals surface area contributed by atoms with Gasteiger partial charge >= 0.3 is 5.97 Å². The van der Waals surface area contributed by atoms with Crippen molar-refractivity contribution in [2.45, 2.75) is 13.3 Å². The number of imide groups is 1. The molecule has 3 rings (SSSR count). The first kappa shape index (κ1) is 25.3. The topological polar surface area (TPSA) is 154 Å². The van der Waals surface area contributed by atoms with Gasteiger partial charge in [-0.1, -0.05) is 0 Å². The maximum Gasteiger partial charge on any atom is 0.338 e. The van der Waals surface area contributed by atoms with Crippen molar-refractivity contribution in [2.24, 2.45) is 0 Å². The number of nitro groups is 1. The van der Waals surface area contributed by atoms with Gasteiger partial charge in [-0.3, -0.25) is 29.4 Å². The Morgan fingerprint density at radius 1 is 1.09 bits per heavy atom. The van der Waals surface area contributed by atoms with E-state index in [4.69, 9.17) is 14.2 Å². The highest BCUT2D eigenvalue weighted by molar-refractivity contribution is 6.22. The Hall–Kier alpha value is -4.32. The van der Waals surface area contributed by atoms with Crippen molar-refractivity contribution in [3.63, 3.8) is 0 Å². The molecule has 2 aromatic rings. The average Bonchev–Trinajstić information content (AvgIpc) is 3.08. The molecule has 2 aromatic carbocycles. The van der Waals surface area contributed by atoms with Crippen LogP contribution in [0.25, 0.3) is 0 Å². The number of nitrogens with one attached hydrogen (secondary N) is 1. The molecule has 0 unspecified atom stereocenters. The second-order valence-corrected chi connectivity index (χ2v) is 7.36. The minimum absolute atomic E-state index is 0.0245. The molecule has 1 aliphatic rings. The molecule has 0 bridgehead atoms. The third-order valence-electron chi connectivity index (χ3n) is 5.02. The number of rotatable bonds is 11. The maximum absolute atomic E-state index is 12.6. The van der Waals surface area contributed by atoms with Crippen molar-refractivity contribution >= 4 is 35.1 Å². The fraction of sp³-hybridized carbons (Fsp3) is 0.304. The van der Waals surface area contributed by atoms with Crippen LogP contribution in [0.5, 0.6) is 5.75 Å². The summed E-state index contributed by atoms with van der Waals surface area (Å²) in [5.41, 5.74) is -0.258. The summed E-state index contributed by atoms with van der Waals surface area (Å²) in [6, 6.07) is 7.85. The SMILES string of the molecule is CCOc1ccc(NC(=O)COC(=O)c2ccc3c(c2)C(=O)N(CCCOC)C3=O)c([N+](=O)[O-])c1. The third-order valence-corrected chi connectivity index (χ3v) is 5.02. The van der Waals surface area contributed by atoms with Gasteiger partial charge < -0.3 is 19.5 Å². The lowest BCUT2D eigenvalue weighted by Gasteiger charge is -2.12. The van der Waals surface area contributed by atoms with Gasteiger partial charge in [0.15, 0.2) is 6.61 Å². The first-order chi connectivity index (χ1) is 16.8. The molecule has 0 fully saturated rings. The van der Waals surface area contributed by atoms with Crippen molar-refractivity contribution in [2.75, 3.05) is 38.8 Å². The van der Waals surface area contributed by atoms with Crippen LogP contribution in [0, 0.1) is 10.1 Å². The Kier molecular flexibility index (Phi) is 8.10. The minimum atomic E-state index is -0.901. The van der Waals surface area contributed by atoms with E-state index in [0.717, 1.165) is 4.90 Å². The van der Waals surface area contributed by atoms with Crippen molar-refractivity contribution in [3.8, 4) is 5.75 Å². The second kappa shape index (κ2) is 11.2. The molecule has 3 amide bonds. The summed E-state index contributed by atoms with van der Waals surface area (Å²) in [4.78, 5) is 61.4. The van der Waals surface area contributed by atoms with Crippen LogP contribution in [0.4, 0.5) is 11.4 Å². The molecule has 0 radical (unpaired) electrons. The number of anilines is 1. The number of methoxy groups -OCH3 is 1. The fourth-order valence-corrected chi connectivity index (χ4v) is 3.41. The van der Waals surface area contributed by atoms with Gasteiger partial charge in [0, 0.05) is 20.3 Å². The molecule has 1 aliphatic heterocycles. The van der Waals surface area contributed by atoms with Gasteiger partial charge in [-0.15, -0.1) is 0 Å². The van der Waals surface area contributed by atoms with Crippen LogP contribution in [-0.4, -0.2) is 67.0 Å². The lowest BCUT2D eigenvalue weighted by molar-refractivity contribution is -0.384. The largest absolute Gasteiger partial charge is 0.494 e. The van der Waals surface area contributed by atoms with Crippen molar-refractivity contribution in [1.29, 1.82) is 0 Å². The monoisotopic (exact) mass is 485 g/mol. The normalized spacial score (nSPS) is 12.3. The third kappa shape index (κ3) is 5.79. The van der Waals surface area contributed by atoms with Crippen molar-refractivity contribution in [3.05, 3.63) is 63.2 Å². The predicted octanol–water partition coefficient (Wildman–Crippen LogP) is 2.42. The number of carbonyl (C=O) groups is 4. The molecule has 12 nitrogen and oxygen atoms in total. The van der Waals surface area contributed by atoms with Gasteiger partial charge in [0.05, 0.1) is 34.3 Å². The van der Waals surface area contributed by atoms with Gasteiger partial charge in [0.25, 0.3) is 23.4 Å². The molecule has 0 aromatic heterocycles. The fourth-order valence-electron chi connectivity index (χ4n) is 3.41. The van der Waals surface area contributed by atoms with E-state index in [-0.39, 0.29) is 40.4 Å².